The number of thiazole rings is 1. The molecule has 0 aliphatic rings. The zero-order chi connectivity index (χ0) is 17.4. The van der Waals surface area contributed by atoms with Gasteiger partial charge in [0.15, 0.2) is 10.9 Å². The maximum atomic E-state index is 13.0. The molecule has 0 spiro atoms. The number of carbonyl (C=O) groups excluding carboxylic acids is 1. The topological polar surface area (TPSA) is 55.1 Å². The van der Waals surface area contributed by atoms with Gasteiger partial charge in [-0.2, -0.15) is 0 Å². The summed E-state index contributed by atoms with van der Waals surface area (Å²) in [4.78, 5) is 16.7. The van der Waals surface area contributed by atoms with Crippen molar-refractivity contribution in [2.24, 2.45) is 0 Å². The van der Waals surface area contributed by atoms with Crippen LogP contribution >= 0.6 is 27.3 Å². The van der Waals surface area contributed by atoms with Crippen LogP contribution in [-0.2, 0) is 0 Å². The molecule has 25 heavy (non-hydrogen) atoms. The van der Waals surface area contributed by atoms with Crippen molar-refractivity contribution in [1.82, 2.24) is 4.98 Å². The normalized spacial score (nSPS) is 11.0. The Hall–Kier alpha value is -2.51. The van der Waals surface area contributed by atoms with E-state index in [1.165, 1.54) is 23.5 Å². The number of halogens is 2. The highest BCUT2D eigenvalue weighted by Crippen LogP contribution is 2.29. The smallest absolute Gasteiger partial charge is 0.293 e. The van der Waals surface area contributed by atoms with Crippen LogP contribution in [0.15, 0.2) is 63.5 Å². The van der Waals surface area contributed by atoms with Crippen molar-refractivity contribution in [3.8, 4) is 11.3 Å². The molecule has 2 aromatic heterocycles. The van der Waals surface area contributed by atoms with Crippen molar-refractivity contribution in [2.75, 3.05) is 5.32 Å². The lowest BCUT2D eigenvalue weighted by atomic mass is 10.2. The first-order chi connectivity index (χ1) is 12.1. The molecule has 0 fully saturated rings. The lowest BCUT2D eigenvalue weighted by molar-refractivity contribution is 0.0997. The van der Waals surface area contributed by atoms with Crippen LogP contribution in [0.4, 0.5) is 9.52 Å². The summed E-state index contributed by atoms with van der Waals surface area (Å²) in [7, 11) is 0. The standard InChI is InChI=1S/C18H10BrFN2O2S/c19-11-3-6-13-16(9-11)25-18(21-13)22-17(23)15-8-7-14(24-15)10-1-4-12(20)5-2-10/h1-9H,(H,21,22,23). The lowest BCUT2D eigenvalue weighted by Gasteiger charge is -1.99. The number of nitrogens with one attached hydrogen (secondary N) is 1. The number of anilines is 1. The molecule has 0 atom stereocenters. The maximum absolute atomic E-state index is 13.0. The van der Waals surface area contributed by atoms with Gasteiger partial charge in [-0.3, -0.25) is 10.1 Å². The van der Waals surface area contributed by atoms with Gasteiger partial charge in [0.2, 0.25) is 0 Å². The largest absolute Gasteiger partial charge is 0.451 e. The van der Waals surface area contributed by atoms with Crippen LogP contribution in [0.25, 0.3) is 21.5 Å². The fourth-order valence-corrected chi connectivity index (χ4v) is 3.75. The molecule has 2 aromatic carbocycles. The number of benzene rings is 2. The zero-order valence-electron chi connectivity index (χ0n) is 12.6. The van der Waals surface area contributed by atoms with Crippen LogP contribution in [0.2, 0.25) is 0 Å². The Labute approximate surface area is 154 Å². The van der Waals surface area contributed by atoms with Gasteiger partial charge in [0.05, 0.1) is 10.2 Å². The van der Waals surface area contributed by atoms with E-state index in [2.05, 4.69) is 26.2 Å². The molecule has 0 saturated heterocycles. The molecule has 4 aromatic rings. The highest BCUT2D eigenvalue weighted by Gasteiger charge is 2.15. The van der Waals surface area contributed by atoms with Crippen molar-refractivity contribution in [1.29, 1.82) is 0 Å². The third-order valence-corrected chi connectivity index (χ3v) is 4.96. The number of nitrogens with zero attached hydrogens (tertiary/aromatic N) is 1. The summed E-state index contributed by atoms with van der Waals surface area (Å²) in [6.07, 6.45) is 0. The van der Waals surface area contributed by atoms with Crippen LogP contribution < -0.4 is 5.32 Å². The average Bonchev–Trinajstić information content (AvgIpc) is 3.21. The Morgan fingerprint density at radius 1 is 1.12 bits per heavy atom. The molecule has 0 unspecified atom stereocenters. The second-order valence-electron chi connectivity index (χ2n) is 5.26. The molecular weight excluding hydrogens is 407 g/mol. The van der Waals surface area contributed by atoms with E-state index in [9.17, 15) is 9.18 Å². The quantitative estimate of drug-likeness (QED) is 0.465. The minimum atomic E-state index is -0.383. The number of aromatic nitrogens is 1. The molecule has 124 valence electrons. The van der Waals surface area contributed by atoms with E-state index >= 15 is 0 Å². The number of hydrogen-bond acceptors (Lipinski definition) is 4. The second kappa shape index (κ2) is 6.42. The number of fused-ring (bicyclic) bond motifs is 1. The Balaban J connectivity index is 1.55. The van der Waals surface area contributed by atoms with Crippen LogP contribution in [0, 0.1) is 5.82 Å². The Kier molecular flexibility index (Phi) is 4.10. The van der Waals surface area contributed by atoms with Crippen molar-refractivity contribution < 1.29 is 13.6 Å². The lowest BCUT2D eigenvalue weighted by Crippen LogP contribution is -2.10. The van der Waals surface area contributed by atoms with Gasteiger partial charge in [0.1, 0.15) is 11.6 Å². The molecule has 4 nitrogen and oxygen atoms in total. The fraction of sp³-hybridized carbons (Fsp3) is 0. The average molecular weight is 417 g/mol. The van der Waals surface area contributed by atoms with Gasteiger partial charge in [-0.05, 0) is 54.6 Å². The first-order valence-corrected chi connectivity index (χ1v) is 8.93. The SMILES string of the molecule is O=C(Nc1nc2ccc(Br)cc2s1)c1ccc(-c2ccc(F)cc2)o1. The monoisotopic (exact) mass is 416 g/mol. The van der Waals surface area contributed by atoms with E-state index in [0.717, 1.165) is 14.7 Å². The zero-order valence-corrected chi connectivity index (χ0v) is 15.0. The van der Waals surface area contributed by atoms with Crippen molar-refractivity contribution in [2.45, 2.75) is 0 Å². The summed E-state index contributed by atoms with van der Waals surface area (Å²) in [6.45, 7) is 0. The fourth-order valence-electron chi connectivity index (χ4n) is 2.34. The first kappa shape index (κ1) is 16.0. The van der Waals surface area contributed by atoms with Gasteiger partial charge in [-0.15, -0.1) is 0 Å². The molecule has 7 heteroatoms. The van der Waals surface area contributed by atoms with Crippen molar-refractivity contribution in [3.05, 3.63) is 70.6 Å². The summed E-state index contributed by atoms with van der Waals surface area (Å²) >= 11 is 4.79. The minimum absolute atomic E-state index is 0.166. The molecule has 0 radical (unpaired) electrons. The molecule has 4 rings (SSSR count). The van der Waals surface area contributed by atoms with E-state index in [1.54, 1.807) is 24.3 Å². The van der Waals surface area contributed by atoms with Crippen molar-refractivity contribution in [3.63, 3.8) is 0 Å². The van der Waals surface area contributed by atoms with Gasteiger partial charge in [0, 0.05) is 10.0 Å². The number of rotatable bonds is 3. The van der Waals surface area contributed by atoms with Crippen LogP contribution in [0.1, 0.15) is 10.6 Å². The van der Waals surface area contributed by atoms with Gasteiger partial charge in [-0.1, -0.05) is 27.3 Å². The number of hydrogen-bond donors (Lipinski definition) is 1. The summed E-state index contributed by atoms with van der Waals surface area (Å²) in [6, 6.07) is 14.9. The van der Waals surface area contributed by atoms with Crippen LogP contribution in [-0.4, -0.2) is 10.9 Å². The summed E-state index contributed by atoms with van der Waals surface area (Å²) in [5.41, 5.74) is 1.51. The van der Waals surface area contributed by atoms with Crippen molar-refractivity contribution >= 4 is 48.5 Å². The van der Waals surface area contributed by atoms with Crippen LogP contribution in [0.3, 0.4) is 0 Å². The predicted molar refractivity (Wildman–Crippen MR) is 99.4 cm³/mol. The number of carbonyl (C=O) groups is 1. The highest BCUT2D eigenvalue weighted by molar-refractivity contribution is 9.10. The molecule has 1 amide bonds. The molecule has 0 bridgehead atoms. The third-order valence-electron chi connectivity index (χ3n) is 3.53. The molecular formula is C18H10BrFN2O2S. The van der Waals surface area contributed by atoms with E-state index in [-0.39, 0.29) is 17.5 Å². The van der Waals surface area contributed by atoms with E-state index in [0.29, 0.717) is 16.5 Å². The molecule has 2 heterocycles. The highest BCUT2D eigenvalue weighted by atomic mass is 79.9. The van der Waals surface area contributed by atoms with Gasteiger partial charge >= 0.3 is 0 Å². The third kappa shape index (κ3) is 3.33. The Morgan fingerprint density at radius 3 is 2.72 bits per heavy atom. The maximum Gasteiger partial charge on any atom is 0.293 e. The summed E-state index contributed by atoms with van der Waals surface area (Å²) in [5.74, 6) is -0.0413. The first-order valence-electron chi connectivity index (χ1n) is 7.32. The molecule has 0 aliphatic heterocycles. The molecule has 0 saturated carbocycles. The summed E-state index contributed by atoms with van der Waals surface area (Å²) < 4.78 is 20.5. The summed E-state index contributed by atoms with van der Waals surface area (Å²) in [5, 5.41) is 3.24. The van der Waals surface area contributed by atoms with E-state index in [1.807, 2.05) is 18.2 Å². The Bertz CT molecular complexity index is 1070. The van der Waals surface area contributed by atoms with Crippen LogP contribution in [0.5, 0.6) is 0 Å². The molecule has 1 N–H and O–H groups in total. The second-order valence-corrected chi connectivity index (χ2v) is 7.20. The van der Waals surface area contributed by atoms with Gasteiger partial charge in [-0.25, -0.2) is 9.37 Å². The molecule has 0 aliphatic carbocycles. The number of amides is 1. The van der Waals surface area contributed by atoms with E-state index in [4.69, 9.17) is 4.42 Å². The number of furan rings is 1. The van der Waals surface area contributed by atoms with E-state index < -0.39 is 0 Å². The predicted octanol–water partition coefficient (Wildman–Crippen LogP) is 5.71. The Morgan fingerprint density at radius 2 is 1.92 bits per heavy atom. The van der Waals surface area contributed by atoms with Gasteiger partial charge in [0.25, 0.3) is 5.91 Å². The van der Waals surface area contributed by atoms with Gasteiger partial charge < -0.3 is 4.42 Å². The minimum Gasteiger partial charge on any atom is -0.451 e.